The van der Waals surface area contributed by atoms with Gasteiger partial charge >= 0.3 is 0 Å². The number of rotatable bonds is 2. The van der Waals surface area contributed by atoms with Crippen LogP contribution in [0.15, 0.2) is 42.2 Å². The summed E-state index contributed by atoms with van der Waals surface area (Å²) in [6, 6.07) is 6.21. The normalized spacial score (nSPS) is 18.1. The molecule has 0 fully saturated rings. The molecule has 0 amide bonds. The molecule has 1 aromatic carbocycles. The molecule has 0 aliphatic carbocycles. The average molecular weight is 261 g/mol. The number of benzene rings is 1. The molecule has 0 saturated heterocycles. The first-order valence-corrected chi connectivity index (χ1v) is 6.85. The fraction of sp³-hybridized carbons (Fsp3) is 0.333. The van der Waals surface area contributed by atoms with E-state index in [9.17, 15) is 0 Å². The van der Waals surface area contributed by atoms with Crippen LogP contribution in [0.1, 0.15) is 18.4 Å². The fourth-order valence-electron chi connectivity index (χ4n) is 2.58. The highest BCUT2D eigenvalue weighted by molar-refractivity contribution is 6.30. The van der Waals surface area contributed by atoms with Crippen LogP contribution >= 0.6 is 11.6 Å². The summed E-state index contributed by atoms with van der Waals surface area (Å²) in [5.74, 6) is 0. The molecule has 3 heteroatoms. The van der Waals surface area contributed by atoms with Gasteiger partial charge in [-0.3, -0.25) is 0 Å². The number of fused-ring (bicyclic) bond motifs is 1. The lowest BCUT2D eigenvalue weighted by Crippen LogP contribution is -2.27. The molecular weight excluding hydrogens is 244 g/mol. The zero-order chi connectivity index (χ0) is 12.4. The van der Waals surface area contributed by atoms with E-state index in [2.05, 4.69) is 40.7 Å². The van der Waals surface area contributed by atoms with Crippen molar-refractivity contribution in [2.24, 2.45) is 0 Å². The van der Waals surface area contributed by atoms with Gasteiger partial charge in [0.2, 0.25) is 0 Å². The molecule has 18 heavy (non-hydrogen) atoms. The van der Waals surface area contributed by atoms with Crippen LogP contribution in [0.4, 0.5) is 5.69 Å². The van der Waals surface area contributed by atoms with Gasteiger partial charge in [0.25, 0.3) is 0 Å². The van der Waals surface area contributed by atoms with Crippen molar-refractivity contribution in [3.05, 3.63) is 52.8 Å². The second-order valence-corrected chi connectivity index (χ2v) is 5.23. The lowest BCUT2D eigenvalue weighted by molar-refractivity contribution is 0.838. The molecule has 2 aliphatic rings. The van der Waals surface area contributed by atoms with Gasteiger partial charge < -0.3 is 10.2 Å². The Morgan fingerprint density at radius 2 is 2.22 bits per heavy atom. The van der Waals surface area contributed by atoms with Crippen LogP contribution in [0.2, 0.25) is 5.02 Å². The standard InChI is InChI=1S/C15H17ClN2/c16-13-5-6-15-12(10-13)7-9-18(15)11-14-4-2-1-3-8-17-14/h3-6,8,10,17H,1-2,7,9,11H2. The highest BCUT2D eigenvalue weighted by atomic mass is 35.5. The number of hydrogen-bond acceptors (Lipinski definition) is 2. The fourth-order valence-corrected chi connectivity index (χ4v) is 2.78. The summed E-state index contributed by atoms with van der Waals surface area (Å²) in [6.45, 7) is 2.04. The zero-order valence-corrected chi connectivity index (χ0v) is 11.1. The van der Waals surface area contributed by atoms with E-state index in [1.54, 1.807) is 0 Å². The Morgan fingerprint density at radius 1 is 1.28 bits per heavy atom. The van der Waals surface area contributed by atoms with Gasteiger partial charge in [-0.15, -0.1) is 0 Å². The first-order chi connectivity index (χ1) is 8.83. The van der Waals surface area contributed by atoms with Crippen LogP contribution in [0, 0.1) is 0 Å². The molecule has 0 bridgehead atoms. The van der Waals surface area contributed by atoms with Crippen molar-refractivity contribution < 1.29 is 0 Å². The van der Waals surface area contributed by atoms with Crippen LogP contribution in [0.3, 0.4) is 0 Å². The minimum absolute atomic E-state index is 0.838. The summed E-state index contributed by atoms with van der Waals surface area (Å²) in [7, 11) is 0. The number of allylic oxidation sites excluding steroid dienone is 2. The molecule has 2 nitrogen and oxygen atoms in total. The van der Waals surface area contributed by atoms with E-state index in [-0.39, 0.29) is 0 Å². The molecular formula is C15H17ClN2. The Bertz CT molecular complexity index is 505. The van der Waals surface area contributed by atoms with Gasteiger partial charge in [-0.1, -0.05) is 23.8 Å². The van der Waals surface area contributed by atoms with Crippen LogP contribution in [0.25, 0.3) is 0 Å². The molecule has 0 unspecified atom stereocenters. The molecule has 2 aliphatic heterocycles. The molecule has 94 valence electrons. The number of hydrogen-bond donors (Lipinski definition) is 1. The van der Waals surface area contributed by atoms with Crippen molar-refractivity contribution in [3.8, 4) is 0 Å². The zero-order valence-electron chi connectivity index (χ0n) is 10.3. The van der Waals surface area contributed by atoms with Gasteiger partial charge in [-0.2, -0.15) is 0 Å². The molecule has 0 aromatic heterocycles. The highest BCUT2D eigenvalue weighted by Crippen LogP contribution is 2.30. The van der Waals surface area contributed by atoms with Crippen LogP contribution in [0.5, 0.6) is 0 Å². The van der Waals surface area contributed by atoms with Crippen LogP contribution < -0.4 is 10.2 Å². The number of halogens is 1. The topological polar surface area (TPSA) is 15.3 Å². The first-order valence-electron chi connectivity index (χ1n) is 6.47. The second-order valence-electron chi connectivity index (χ2n) is 4.80. The smallest absolute Gasteiger partial charge is 0.0576 e. The molecule has 3 rings (SSSR count). The van der Waals surface area contributed by atoms with E-state index in [0.717, 1.165) is 37.4 Å². The van der Waals surface area contributed by atoms with Crippen LogP contribution in [-0.4, -0.2) is 13.1 Å². The monoisotopic (exact) mass is 260 g/mol. The minimum Gasteiger partial charge on any atom is -0.365 e. The number of nitrogens with one attached hydrogen (secondary N) is 1. The van der Waals surface area contributed by atoms with Gasteiger partial charge in [0.1, 0.15) is 0 Å². The van der Waals surface area contributed by atoms with Crippen LogP contribution in [-0.2, 0) is 6.42 Å². The van der Waals surface area contributed by atoms with E-state index < -0.39 is 0 Å². The maximum atomic E-state index is 6.03. The van der Waals surface area contributed by atoms with Gasteiger partial charge in [0.15, 0.2) is 0 Å². The highest BCUT2D eigenvalue weighted by Gasteiger charge is 2.19. The third kappa shape index (κ3) is 2.39. The van der Waals surface area contributed by atoms with Crippen molar-refractivity contribution in [2.45, 2.75) is 19.3 Å². The molecule has 1 aromatic rings. The molecule has 0 saturated carbocycles. The second kappa shape index (κ2) is 5.07. The quantitative estimate of drug-likeness (QED) is 0.876. The van der Waals surface area contributed by atoms with Gasteiger partial charge in [0.05, 0.1) is 6.54 Å². The number of nitrogens with zero attached hydrogens (tertiary/aromatic N) is 1. The van der Waals surface area contributed by atoms with E-state index in [1.807, 2.05) is 6.07 Å². The van der Waals surface area contributed by atoms with Crippen molar-refractivity contribution >= 4 is 17.3 Å². The Labute approximate surface area is 113 Å². The predicted molar refractivity (Wildman–Crippen MR) is 77.0 cm³/mol. The first kappa shape index (κ1) is 11.7. The number of anilines is 1. The van der Waals surface area contributed by atoms with E-state index in [0.29, 0.717) is 0 Å². The maximum absolute atomic E-state index is 6.03. The lowest BCUT2D eigenvalue weighted by atomic mass is 10.2. The molecule has 0 radical (unpaired) electrons. The summed E-state index contributed by atoms with van der Waals surface area (Å²) < 4.78 is 0. The van der Waals surface area contributed by atoms with Crippen molar-refractivity contribution in [2.75, 3.05) is 18.0 Å². The largest absolute Gasteiger partial charge is 0.365 e. The van der Waals surface area contributed by atoms with Crippen molar-refractivity contribution in [1.29, 1.82) is 0 Å². The lowest BCUT2D eigenvalue weighted by Gasteiger charge is -2.21. The molecule has 1 N–H and O–H groups in total. The maximum Gasteiger partial charge on any atom is 0.0576 e. The van der Waals surface area contributed by atoms with Crippen molar-refractivity contribution in [3.63, 3.8) is 0 Å². The SMILES string of the molecule is Clc1ccc2c(c1)CCN2CC1=CCCC=CN1. The van der Waals surface area contributed by atoms with E-state index in [4.69, 9.17) is 11.6 Å². The average Bonchev–Trinajstić information content (AvgIpc) is 2.59. The van der Waals surface area contributed by atoms with Gasteiger partial charge in [0, 0.05) is 23.0 Å². The van der Waals surface area contributed by atoms with Crippen molar-refractivity contribution in [1.82, 2.24) is 5.32 Å². The third-order valence-corrected chi connectivity index (χ3v) is 3.74. The Hall–Kier alpha value is -1.41. The Balaban J connectivity index is 1.76. The molecule has 2 heterocycles. The Morgan fingerprint density at radius 3 is 3.17 bits per heavy atom. The van der Waals surface area contributed by atoms with E-state index in [1.165, 1.54) is 16.9 Å². The minimum atomic E-state index is 0.838. The summed E-state index contributed by atoms with van der Waals surface area (Å²) in [6.07, 6.45) is 9.88. The van der Waals surface area contributed by atoms with Gasteiger partial charge in [-0.25, -0.2) is 0 Å². The summed E-state index contributed by atoms with van der Waals surface area (Å²) in [4.78, 5) is 2.42. The predicted octanol–water partition coefficient (Wildman–Crippen LogP) is 3.48. The summed E-state index contributed by atoms with van der Waals surface area (Å²) >= 11 is 6.03. The molecule has 0 atom stereocenters. The Kier molecular flexibility index (Phi) is 3.28. The third-order valence-electron chi connectivity index (χ3n) is 3.51. The van der Waals surface area contributed by atoms with Gasteiger partial charge in [-0.05, 0) is 49.2 Å². The summed E-state index contributed by atoms with van der Waals surface area (Å²) in [5, 5.41) is 4.20. The van der Waals surface area contributed by atoms with E-state index >= 15 is 0 Å². The summed E-state index contributed by atoms with van der Waals surface area (Å²) in [5.41, 5.74) is 3.99. The molecule has 0 spiro atoms.